The molecule has 6 heteroatoms. The number of ether oxygens (including phenoxy) is 1. The van der Waals surface area contributed by atoms with E-state index in [-0.39, 0.29) is 12.4 Å². The van der Waals surface area contributed by atoms with Gasteiger partial charge in [-0.1, -0.05) is 6.07 Å². The zero-order valence-electron chi connectivity index (χ0n) is 10.7. The Balaban J connectivity index is 1.97. The molecule has 0 atom stereocenters. The smallest absolute Gasteiger partial charge is 0.160 e. The van der Waals surface area contributed by atoms with Gasteiger partial charge in [0, 0.05) is 18.8 Å². The van der Waals surface area contributed by atoms with Crippen LogP contribution in [0.2, 0.25) is 0 Å². The molecule has 1 aromatic carbocycles. The summed E-state index contributed by atoms with van der Waals surface area (Å²) in [7, 11) is 1.52. The Morgan fingerprint density at radius 3 is 2.95 bits per heavy atom. The highest BCUT2D eigenvalue weighted by molar-refractivity contribution is 5.43. The molecular formula is C13H17N3O3. The first kappa shape index (κ1) is 13.2. The SMILES string of the molecule is COc1cc(CNc2ccn(CCO)n2)ccc1O. The summed E-state index contributed by atoms with van der Waals surface area (Å²) in [6.07, 6.45) is 1.80. The lowest BCUT2D eigenvalue weighted by molar-refractivity contribution is 0.269. The van der Waals surface area contributed by atoms with Crippen LogP contribution in [0.25, 0.3) is 0 Å². The van der Waals surface area contributed by atoms with Crippen LogP contribution in [0.15, 0.2) is 30.5 Å². The second-order valence-corrected chi connectivity index (χ2v) is 4.05. The van der Waals surface area contributed by atoms with Gasteiger partial charge in [0.15, 0.2) is 11.5 Å². The largest absolute Gasteiger partial charge is 0.504 e. The van der Waals surface area contributed by atoms with Gasteiger partial charge in [-0.25, -0.2) is 0 Å². The summed E-state index contributed by atoms with van der Waals surface area (Å²) in [5, 5.41) is 25.7. The summed E-state index contributed by atoms with van der Waals surface area (Å²) >= 11 is 0. The van der Waals surface area contributed by atoms with Gasteiger partial charge in [-0.15, -0.1) is 0 Å². The Hall–Kier alpha value is -2.21. The van der Waals surface area contributed by atoms with Crippen LogP contribution in [-0.2, 0) is 13.1 Å². The van der Waals surface area contributed by atoms with Gasteiger partial charge in [0.1, 0.15) is 5.82 Å². The van der Waals surface area contributed by atoms with E-state index in [9.17, 15) is 5.11 Å². The van der Waals surface area contributed by atoms with Crippen molar-refractivity contribution in [3.8, 4) is 11.5 Å². The molecule has 0 aliphatic heterocycles. The van der Waals surface area contributed by atoms with Crippen molar-refractivity contribution in [3.05, 3.63) is 36.0 Å². The third kappa shape index (κ3) is 3.38. The molecule has 6 nitrogen and oxygen atoms in total. The van der Waals surface area contributed by atoms with Crippen LogP contribution in [0.4, 0.5) is 5.82 Å². The lowest BCUT2D eigenvalue weighted by atomic mass is 10.2. The number of aromatic nitrogens is 2. The van der Waals surface area contributed by atoms with Gasteiger partial charge in [-0.2, -0.15) is 5.10 Å². The molecule has 2 rings (SSSR count). The molecule has 0 bridgehead atoms. The summed E-state index contributed by atoms with van der Waals surface area (Å²) in [5.74, 6) is 1.31. The number of phenols is 1. The number of aromatic hydroxyl groups is 1. The standard InChI is InChI=1S/C13H17N3O3/c1-19-12-8-10(2-3-11(12)18)9-14-13-4-5-16(15-13)6-7-17/h2-5,8,17-18H,6-7,9H2,1H3,(H,14,15). The van der Waals surface area contributed by atoms with E-state index in [1.807, 2.05) is 12.1 Å². The summed E-state index contributed by atoms with van der Waals surface area (Å²) in [6.45, 7) is 1.12. The van der Waals surface area contributed by atoms with Crippen LogP contribution in [-0.4, -0.2) is 33.7 Å². The molecule has 0 fully saturated rings. The van der Waals surface area contributed by atoms with Gasteiger partial charge in [0.05, 0.1) is 20.3 Å². The molecule has 0 radical (unpaired) electrons. The van der Waals surface area contributed by atoms with E-state index in [0.717, 1.165) is 11.4 Å². The van der Waals surface area contributed by atoms with Crippen LogP contribution in [0, 0.1) is 0 Å². The Bertz CT molecular complexity index is 540. The highest BCUT2D eigenvalue weighted by Crippen LogP contribution is 2.26. The van der Waals surface area contributed by atoms with Crippen molar-refractivity contribution in [2.45, 2.75) is 13.1 Å². The van der Waals surface area contributed by atoms with Crippen molar-refractivity contribution in [2.24, 2.45) is 0 Å². The molecule has 0 spiro atoms. The lowest BCUT2D eigenvalue weighted by Gasteiger charge is -2.07. The van der Waals surface area contributed by atoms with Crippen molar-refractivity contribution in [2.75, 3.05) is 19.0 Å². The van der Waals surface area contributed by atoms with E-state index in [1.54, 1.807) is 23.0 Å². The van der Waals surface area contributed by atoms with E-state index < -0.39 is 0 Å². The van der Waals surface area contributed by atoms with Gasteiger partial charge < -0.3 is 20.3 Å². The van der Waals surface area contributed by atoms with E-state index in [0.29, 0.717) is 18.8 Å². The molecule has 102 valence electrons. The van der Waals surface area contributed by atoms with Crippen molar-refractivity contribution in [1.29, 1.82) is 0 Å². The number of phenolic OH excluding ortho intramolecular Hbond substituents is 1. The maximum absolute atomic E-state index is 9.50. The quantitative estimate of drug-likeness (QED) is 0.730. The normalized spacial score (nSPS) is 10.4. The second-order valence-electron chi connectivity index (χ2n) is 4.05. The Morgan fingerprint density at radius 2 is 2.21 bits per heavy atom. The summed E-state index contributed by atoms with van der Waals surface area (Å²) in [4.78, 5) is 0. The number of aliphatic hydroxyl groups is 1. The Labute approximate surface area is 111 Å². The van der Waals surface area contributed by atoms with Gasteiger partial charge in [-0.3, -0.25) is 4.68 Å². The van der Waals surface area contributed by atoms with E-state index in [2.05, 4.69) is 10.4 Å². The molecule has 2 aromatic rings. The predicted molar refractivity (Wildman–Crippen MR) is 71.3 cm³/mol. The summed E-state index contributed by atoms with van der Waals surface area (Å²) in [6, 6.07) is 7.02. The fourth-order valence-electron chi connectivity index (χ4n) is 1.71. The molecule has 0 aliphatic carbocycles. The molecular weight excluding hydrogens is 246 g/mol. The molecule has 0 aliphatic rings. The maximum Gasteiger partial charge on any atom is 0.160 e. The minimum Gasteiger partial charge on any atom is -0.504 e. The topological polar surface area (TPSA) is 79.5 Å². The fraction of sp³-hybridized carbons (Fsp3) is 0.308. The molecule has 1 aromatic heterocycles. The van der Waals surface area contributed by atoms with Gasteiger partial charge in [0.25, 0.3) is 0 Å². The lowest BCUT2D eigenvalue weighted by Crippen LogP contribution is -2.05. The molecule has 0 saturated heterocycles. The number of nitrogens with one attached hydrogen (secondary N) is 1. The maximum atomic E-state index is 9.50. The molecule has 1 heterocycles. The van der Waals surface area contributed by atoms with Gasteiger partial charge in [-0.05, 0) is 17.7 Å². The van der Waals surface area contributed by atoms with Crippen LogP contribution in [0.5, 0.6) is 11.5 Å². The van der Waals surface area contributed by atoms with Gasteiger partial charge in [0.2, 0.25) is 0 Å². The number of aliphatic hydroxyl groups excluding tert-OH is 1. The third-order valence-electron chi connectivity index (χ3n) is 2.69. The first-order valence-corrected chi connectivity index (χ1v) is 5.97. The van der Waals surface area contributed by atoms with Crippen molar-refractivity contribution < 1.29 is 14.9 Å². The molecule has 3 N–H and O–H groups in total. The number of anilines is 1. The average Bonchev–Trinajstić information content (AvgIpc) is 2.86. The van der Waals surface area contributed by atoms with E-state index >= 15 is 0 Å². The van der Waals surface area contributed by atoms with Crippen LogP contribution < -0.4 is 10.1 Å². The highest BCUT2D eigenvalue weighted by Gasteiger charge is 2.03. The molecule has 0 unspecified atom stereocenters. The Kier molecular flexibility index (Phi) is 4.25. The summed E-state index contributed by atoms with van der Waals surface area (Å²) < 4.78 is 6.71. The highest BCUT2D eigenvalue weighted by atomic mass is 16.5. The minimum atomic E-state index is 0.0658. The van der Waals surface area contributed by atoms with Crippen LogP contribution in [0.1, 0.15) is 5.56 Å². The van der Waals surface area contributed by atoms with E-state index in [4.69, 9.17) is 9.84 Å². The number of methoxy groups -OCH3 is 1. The predicted octanol–water partition coefficient (Wildman–Crippen LogP) is 1.20. The van der Waals surface area contributed by atoms with Gasteiger partial charge >= 0.3 is 0 Å². The second kappa shape index (κ2) is 6.10. The molecule has 0 amide bonds. The number of rotatable bonds is 6. The van der Waals surface area contributed by atoms with E-state index in [1.165, 1.54) is 7.11 Å². The van der Waals surface area contributed by atoms with Crippen LogP contribution in [0.3, 0.4) is 0 Å². The minimum absolute atomic E-state index is 0.0658. The summed E-state index contributed by atoms with van der Waals surface area (Å²) in [5.41, 5.74) is 0.978. The Morgan fingerprint density at radius 1 is 1.37 bits per heavy atom. The zero-order chi connectivity index (χ0) is 13.7. The fourth-order valence-corrected chi connectivity index (χ4v) is 1.71. The number of nitrogens with zero attached hydrogens (tertiary/aromatic N) is 2. The van der Waals surface area contributed by atoms with Crippen molar-refractivity contribution in [3.63, 3.8) is 0 Å². The first-order chi connectivity index (χ1) is 9.22. The monoisotopic (exact) mass is 263 g/mol. The zero-order valence-corrected chi connectivity index (χ0v) is 10.7. The number of benzene rings is 1. The number of hydrogen-bond acceptors (Lipinski definition) is 5. The third-order valence-corrected chi connectivity index (χ3v) is 2.69. The number of hydrogen-bond donors (Lipinski definition) is 3. The molecule has 19 heavy (non-hydrogen) atoms. The van der Waals surface area contributed by atoms with Crippen molar-refractivity contribution in [1.82, 2.24) is 9.78 Å². The van der Waals surface area contributed by atoms with Crippen LogP contribution >= 0.6 is 0 Å². The van der Waals surface area contributed by atoms with Crippen molar-refractivity contribution >= 4 is 5.82 Å². The first-order valence-electron chi connectivity index (χ1n) is 5.97. The molecule has 0 saturated carbocycles. The average molecular weight is 263 g/mol.